The van der Waals surface area contributed by atoms with Gasteiger partial charge in [0.15, 0.2) is 12.6 Å². The molecule has 10 atom stereocenters. The third-order valence-corrected chi connectivity index (χ3v) is 5.51. The van der Waals surface area contributed by atoms with Gasteiger partial charge < -0.3 is 54.7 Å². The average molecular weight is 446 g/mol. The van der Waals surface area contributed by atoms with Crippen molar-refractivity contribution in [3.63, 3.8) is 0 Å². The summed E-state index contributed by atoms with van der Waals surface area (Å²) in [5.74, 6) is 0.138. The van der Waals surface area contributed by atoms with Crippen molar-refractivity contribution in [3.05, 3.63) is 29.8 Å². The minimum Gasteiger partial charge on any atom is -0.508 e. The van der Waals surface area contributed by atoms with Crippen molar-refractivity contribution in [1.29, 1.82) is 0 Å². The molecular weight excluding hydrogens is 416 g/mol. The van der Waals surface area contributed by atoms with Gasteiger partial charge in [0.2, 0.25) is 0 Å². The zero-order valence-corrected chi connectivity index (χ0v) is 17.0. The van der Waals surface area contributed by atoms with Crippen LogP contribution in [0.3, 0.4) is 0 Å². The number of rotatable bonds is 7. The second kappa shape index (κ2) is 10.5. The van der Waals surface area contributed by atoms with Gasteiger partial charge in [-0.2, -0.15) is 0 Å². The lowest BCUT2D eigenvalue weighted by Crippen LogP contribution is -2.61. The topological polar surface area (TPSA) is 179 Å². The van der Waals surface area contributed by atoms with Crippen molar-refractivity contribution >= 4 is 0 Å². The minimum absolute atomic E-state index is 0.134. The zero-order valence-electron chi connectivity index (χ0n) is 17.0. The molecule has 1 aromatic rings. The van der Waals surface area contributed by atoms with Crippen molar-refractivity contribution in [1.82, 2.24) is 0 Å². The van der Waals surface area contributed by atoms with Gasteiger partial charge in [0.1, 0.15) is 48.5 Å². The van der Waals surface area contributed by atoms with E-state index in [1.807, 2.05) is 0 Å². The fraction of sp³-hybridized carbons (Fsp3) is 0.700. The van der Waals surface area contributed by atoms with E-state index in [4.69, 9.17) is 18.9 Å². The Labute approximate surface area is 179 Å². The fourth-order valence-corrected chi connectivity index (χ4v) is 3.49. The third kappa shape index (κ3) is 5.71. The van der Waals surface area contributed by atoms with E-state index >= 15 is 0 Å². The third-order valence-electron chi connectivity index (χ3n) is 5.51. The summed E-state index contributed by atoms with van der Waals surface area (Å²) in [5.41, 5.74) is 0.877. The summed E-state index contributed by atoms with van der Waals surface area (Å²) in [5, 5.41) is 69.4. The molecule has 176 valence electrons. The number of benzene rings is 1. The van der Waals surface area contributed by atoms with Crippen LogP contribution in [0.15, 0.2) is 24.3 Å². The number of phenolic OH excluding ortho intramolecular Hbond substituents is 1. The second-order valence-corrected chi connectivity index (χ2v) is 7.82. The quantitative estimate of drug-likeness (QED) is 0.237. The summed E-state index contributed by atoms with van der Waals surface area (Å²) in [6.07, 6.45) is -12.9. The molecule has 11 nitrogen and oxygen atoms in total. The average Bonchev–Trinajstić information content (AvgIpc) is 2.76. The van der Waals surface area contributed by atoms with Crippen LogP contribution < -0.4 is 0 Å². The molecule has 2 aliphatic heterocycles. The van der Waals surface area contributed by atoms with E-state index < -0.39 is 61.4 Å². The van der Waals surface area contributed by atoms with Crippen LogP contribution in [0.25, 0.3) is 0 Å². The number of aliphatic hydroxyl groups is 6. The van der Waals surface area contributed by atoms with Crippen molar-refractivity contribution < 1.29 is 54.7 Å². The maximum atomic E-state index is 10.2. The predicted molar refractivity (Wildman–Crippen MR) is 103 cm³/mol. The van der Waals surface area contributed by atoms with Crippen LogP contribution >= 0.6 is 0 Å². The number of hydrogen-bond donors (Lipinski definition) is 7. The zero-order chi connectivity index (χ0) is 22.7. The molecule has 1 aromatic carbocycles. The second-order valence-electron chi connectivity index (χ2n) is 7.82. The Bertz CT molecular complexity index is 686. The molecule has 0 amide bonds. The highest BCUT2D eigenvalue weighted by atomic mass is 16.7. The largest absolute Gasteiger partial charge is 0.508 e. The summed E-state index contributed by atoms with van der Waals surface area (Å²) in [4.78, 5) is 0. The van der Waals surface area contributed by atoms with E-state index in [1.54, 1.807) is 12.1 Å². The van der Waals surface area contributed by atoms with Crippen LogP contribution in [0.1, 0.15) is 12.5 Å². The highest BCUT2D eigenvalue weighted by Gasteiger charge is 2.46. The molecule has 11 heteroatoms. The van der Waals surface area contributed by atoms with E-state index in [0.717, 1.165) is 5.56 Å². The molecule has 2 saturated heterocycles. The van der Waals surface area contributed by atoms with Gasteiger partial charge in [0.05, 0.1) is 19.3 Å². The first-order chi connectivity index (χ1) is 14.7. The molecule has 2 heterocycles. The van der Waals surface area contributed by atoms with Crippen LogP contribution in [0.5, 0.6) is 5.75 Å². The molecule has 2 aliphatic rings. The molecule has 0 unspecified atom stereocenters. The fourth-order valence-electron chi connectivity index (χ4n) is 3.49. The summed E-state index contributed by atoms with van der Waals surface area (Å²) in [7, 11) is 0. The summed E-state index contributed by atoms with van der Waals surface area (Å²) in [6.45, 7) is 1.29. The first kappa shape index (κ1) is 24.3. The maximum Gasteiger partial charge on any atom is 0.186 e. The van der Waals surface area contributed by atoms with Crippen molar-refractivity contribution in [2.75, 3.05) is 13.2 Å². The molecule has 0 spiro atoms. The minimum atomic E-state index is -1.57. The van der Waals surface area contributed by atoms with E-state index in [0.29, 0.717) is 6.42 Å². The first-order valence-corrected chi connectivity index (χ1v) is 10.1. The summed E-state index contributed by atoms with van der Waals surface area (Å²) >= 11 is 0. The maximum absolute atomic E-state index is 10.2. The molecule has 7 N–H and O–H groups in total. The van der Waals surface area contributed by atoms with Crippen LogP contribution in [-0.2, 0) is 25.4 Å². The Morgan fingerprint density at radius 3 is 1.97 bits per heavy atom. The Kier molecular flexibility index (Phi) is 8.21. The summed E-state index contributed by atoms with van der Waals surface area (Å²) < 4.78 is 21.8. The number of aliphatic hydroxyl groups excluding tert-OH is 6. The Hall–Kier alpha value is -1.38. The van der Waals surface area contributed by atoms with Gasteiger partial charge in [0.25, 0.3) is 0 Å². The van der Waals surface area contributed by atoms with E-state index in [-0.39, 0.29) is 19.0 Å². The van der Waals surface area contributed by atoms with E-state index in [9.17, 15) is 35.7 Å². The Morgan fingerprint density at radius 2 is 1.32 bits per heavy atom. The van der Waals surface area contributed by atoms with E-state index in [2.05, 4.69) is 0 Å². The number of hydrogen-bond acceptors (Lipinski definition) is 11. The number of ether oxygens (including phenoxy) is 4. The van der Waals surface area contributed by atoms with Gasteiger partial charge in [0, 0.05) is 0 Å². The lowest BCUT2D eigenvalue weighted by Gasteiger charge is -2.42. The van der Waals surface area contributed by atoms with Crippen molar-refractivity contribution in [2.24, 2.45) is 0 Å². The predicted octanol–water partition coefficient (Wildman–Crippen LogP) is -2.40. The molecular formula is C20H30O11. The van der Waals surface area contributed by atoms with Gasteiger partial charge in [-0.25, -0.2) is 0 Å². The monoisotopic (exact) mass is 446 g/mol. The van der Waals surface area contributed by atoms with Gasteiger partial charge >= 0.3 is 0 Å². The molecule has 0 bridgehead atoms. The van der Waals surface area contributed by atoms with Crippen molar-refractivity contribution in [2.45, 2.75) is 74.8 Å². The molecule has 0 aromatic heterocycles. The van der Waals surface area contributed by atoms with Crippen LogP contribution in [0.4, 0.5) is 0 Å². The SMILES string of the molecule is C[C@@H]1O[C@@H](OC[C@H]2O[C@@H](OCCc3ccc(O)cc3)[C@H](O)[C@@H](O)[C@@H]2O)[C@H](O)[C@H](O)[C@H]1O. The van der Waals surface area contributed by atoms with E-state index in [1.165, 1.54) is 19.1 Å². The Morgan fingerprint density at radius 1 is 0.742 bits per heavy atom. The van der Waals surface area contributed by atoms with Crippen LogP contribution in [0.2, 0.25) is 0 Å². The molecule has 0 radical (unpaired) electrons. The van der Waals surface area contributed by atoms with Crippen LogP contribution in [-0.4, -0.2) is 110 Å². The highest BCUT2D eigenvalue weighted by Crippen LogP contribution is 2.26. The summed E-state index contributed by atoms with van der Waals surface area (Å²) in [6, 6.07) is 6.50. The normalized spacial score (nSPS) is 41.3. The Balaban J connectivity index is 1.53. The lowest BCUT2D eigenvalue weighted by atomic mass is 9.98. The molecule has 31 heavy (non-hydrogen) atoms. The molecule has 2 fully saturated rings. The van der Waals surface area contributed by atoms with Crippen molar-refractivity contribution in [3.8, 4) is 5.75 Å². The first-order valence-electron chi connectivity index (χ1n) is 10.1. The van der Waals surface area contributed by atoms with Gasteiger partial charge in [-0.15, -0.1) is 0 Å². The standard InChI is InChI=1S/C20H30O11/c1-9-13(22)15(24)17(26)20(30-9)29-8-12-14(23)16(25)18(27)19(31-12)28-7-6-10-2-4-11(21)5-3-10/h2-5,9,12-27H,6-8H2,1H3/t9-,12+,13-,14+,15+,16-,17+,18+,19+,20+/m0/s1. The number of aromatic hydroxyl groups is 1. The molecule has 0 saturated carbocycles. The number of phenols is 1. The molecule has 3 rings (SSSR count). The lowest BCUT2D eigenvalue weighted by molar-refractivity contribution is -0.327. The van der Waals surface area contributed by atoms with Gasteiger partial charge in [-0.1, -0.05) is 12.1 Å². The van der Waals surface area contributed by atoms with Gasteiger partial charge in [-0.05, 0) is 31.0 Å². The smallest absolute Gasteiger partial charge is 0.186 e. The highest BCUT2D eigenvalue weighted by molar-refractivity contribution is 5.25. The molecule has 0 aliphatic carbocycles. The van der Waals surface area contributed by atoms with Gasteiger partial charge in [-0.3, -0.25) is 0 Å². The van der Waals surface area contributed by atoms with Crippen LogP contribution in [0, 0.1) is 0 Å².